The van der Waals surface area contributed by atoms with E-state index in [1.807, 2.05) is 0 Å². The molecule has 0 saturated heterocycles. The van der Waals surface area contributed by atoms with E-state index in [2.05, 4.69) is 11.9 Å². The summed E-state index contributed by atoms with van der Waals surface area (Å²) in [4.78, 5) is 3.96. The van der Waals surface area contributed by atoms with Gasteiger partial charge in [0, 0.05) is 18.7 Å². The summed E-state index contributed by atoms with van der Waals surface area (Å²) in [5, 5.41) is 7.25. The van der Waals surface area contributed by atoms with Crippen LogP contribution in [0, 0.1) is 11.3 Å². The van der Waals surface area contributed by atoms with Crippen molar-refractivity contribution in [3.05, 3.63) is 0 Å². The summed E-state index contributed by atoms with van der Waals surface area (Å²) >= 11 is 0. The Morgan fingerprint density at radius 2 is 2.62 bits per heavy atom. The Morgan fingerprint density at radius 3 is 3.00 bits per heavy atom. The number of hydrogen-bond donors (Lipinski definition) is 1. The highest BCUT2D eigenvalue weighted by Gasteiger charge is 2.08. The van der Waals surface area contributed by atoms with E-state index in [-0.39, 0.29) is 0 Å². The first-order chi connectivity index (χ1) is 3.80. The van der Waals surface area contributed by atoms with Gasteiger partial charge in [0.2, 0.25) is 0 Å². The highest BCUT2D eigenvalue weighted by Crippen LogP contribution is 2.05. The maximum Gasteiger partial charge on any atom is 0.0520 e. The molecule has 2 heteroatoms. The molecule has 0 aromatic heterocycles. The Bertz CT molecular complexity index is 126. The van der Waals surface area contributed by atoms with Crippen LogP contribution in [-0.4, -0.2) is 18.5 Å². The minimum atomic E-state index is 0.437. The van der Waals surface area contributed by atoms with Gasteiger partial charge in [0.15, 0.2) is 0 Å². The number of hydrogen-bond acceptors (Lipinski definition) is 2. The molecule has 0 radical (unpaired) electrons. The maximum absolute atomic E-state index is 7.25. The van der Waals surface area contributed by atoms with Gasteiger partial charge in [-0.2, -0.15) is 0 Å². The fraction of sp³-hybridized carbons (Fsp3) is 0.667. The second-order valence-corrected chi connectivity index (χ2v) is 2.18. The quantitative estimate of drug-likeness (QED) is 0.485. The van der Waals surface area contributed by atoms with Crippen molar-refractivity contribution in [3.63, 3.8) is 0 Å². The molecule has 8 heavy (non-hydrogen) atoms. The van der Waals surface area contributed by atoms with Gasteiger partial charge >= 0.3 is 0 Å². The van der Waals surface area contributed by atoms with E-state index in [9.17, 15) is 0 Å². The number of aliphatic imine (C=N–C) groups is 1. The second-order valence-electron chi connectivity index (χ2n) is 2.18. The average molecular weight is 110 g/mol. The Hall–Kier alpha value is -0.660. The zero-order valence-corrected chi connectivity index (χ0v) is 5.02. The van der Waals surface area contributed by atoms with Crippen LogP contribution in [0.25, 0.3) is 0 Å². The first-order valence-electron chi connectivity index (χ1n) is 2.89. The summed E-state index contributed by atoms with van der Waals surface area (Å²) in [5.41, 5.74) is 0.677. The molecule has 1 aliphatic heterocycles. The third-order valence-corrected chi connectivity index (χ3v) is 1.45. The monoisotopic (exact) mass is 110 g/mol. The molecule has 1 N–H and O–H groups in total. The second kappa shape index (κ2) is 2.07. The molecule has 2 nitrogen and oxygen atoms in total. The van der Waals surface area contributed by atoms with Crippen LogP contribution in [0.4, 0.5) is 0 Å². The highest BCUT2D eigenvalue weighted by molar-refractivity contribution is 6.30. The summed E-state index contributed by atoms with van der Waals surface area (Å²) < 4.78 is 0. The van der Waals surface area contributed by atoms with Gasteiger partial charge in [0.25, 0.3) is 0 Å². The minimum absolute atomic E-state index is 0.437. The lowest BCUT2D eigenvalue weighted by Crippen LogP contribution is -2.16. The number of nitrogens with one attached hydrogen (secondary N) is 1. The van der Waals surface area contributed by atoms with E-state index in [0.717, 1.165) is 13.0 Å². The molecule has 0 saturated carbocycles. The molecular formula is C6H10N2. The van der Waals surface area contributed by atoms with Crippen LogP contribution in [0.1, 0.15) is 13.3 Å². The van der Waals surface area contributed by atoms with Gasteiger partial charge in [0.1, 0.15) is 0 Å². The average Bonchev–Trinajstić information content (AvgIpc) is 1.77. The number of rotatable bonds is 0. The molecular weight excluding hydrogens is 100 g/mol. The molecule has 0 bridgehead atoms. The summed E-state index contributed by atoms with van der Waals surface area (Å²) in [6, 6.07) is 0. The van der Waals surface area contributed by atoms with Crippen molar-refractivity contribution in [3.8, 4) is 0 Å². The molecule has 1 unspecified atom stereocenters. The van der Waals surface area contributed by atoms with Crippen LogP contribution in [0.15, 0.2) is 4.99 Å². The van der Waals surface area contributed by atoms with Crippen LogP contribution < -0.4 is 0 Å². The predicted octanol–water partition coefficient (Wildman–Crippen LogP) is 1.12. The molecule has 1 aliphatic rings. The minimum Gasteiger partial charge on any atom is -0.303 e. The molecule has 0 aromatic carbocycles. The zero-order chi connectivity index (χ0) is 5.98. The van der Waals surface area contributed by atoms with Crippen molar-refractivity contribution in [1.82, 2.24) is 0 Å². The molecule has 1 rings (SSSR count). The Kier molecular flexibility index (Phi) is 1.42. The lowest BCUT2D eigenvalue weighted by molar-refractivity contribution is 0.686. The van der Waals surface area contributed by atoms with E-state index in [4.69, 9.17) is 5.41 Å². The van der Waals surface area contributed by atoms with Gasteiger partial charge in [-0.1, -0.05) is 6.92 Å². The van der Waals surface area contributed by atoms with Crippen molar-refractivity contribution < 1.29 is 0 Å². The van der Waals surface area contributed by atoms with Crippen LogP contribution in [0.2, 0.25) is 0 Å². The van der Waals surface area contributed by atoms with Crippen molar-refractivity contribution >= 4 is 11.9 Å². The van der Waals surface area contributed by atoms with E-state index in [1.54, 1.807) is 6.21 Å². The Morgan fingerprint density at radius 1 is 1.88 bits per heavy atom. The SMILES string of the molecule is CC1CCN=CC1=N. The van der Waals surface area contributed by atoms with Crippen molar-refractivity contribution in [2.75, 3.05) is 6.54 Å². The third-order valence-electron chi connectivity index (χ3n) is 1.45. The highest BCUT2D eigenvalue weighted by atomic mass is 14.7. The van der Waals surface area contributed by atoms with Gasteiger partial charge in [-0.05, 0) is 6.42 Å². The van der Waals surface area contributed by atoms with Gasteiger partial charge in [-0.25, -0.2) is 0 Å². The standard InChI is InChI=1S/C6H10N2/c1-5-2-3-8-4-6(5)7/h4-5,7H,2-3H2,1H3. The topological polar surface area (TPSA) is 36.2 Å². The summed E-state index contributed by atoms with van der Waals surface area (Å²) in [6.07, 6.45) is 2.71. The van der Waals surface area contributed by atoms with E-state index >= 15 is 0 Å². The third kappa shape index (κ3) is 0.941. The normalized spacial score (nSPS) is 28.6. The first kappa shape index (κ1) is 5.48. The first-order valence-corrected chi connectivity index (χ1v) is 2.89. The van der Waals surface area contributed by atoms with Crippen LogP contribution in [0.5, 0.6) is 0 Å². The smallest absolute Gasteiger partial charge is 0.0520 e. The van der Waals surface area contributed by atoms with Crippen LogP contribution in [-0.2, 0) is 0 Å². The molecule has 1 atom stereocenters. The molecule has 0 fully saturated rings. The zero-order valence-electron chi connectivity index (χ0n) is 5.02. The molecule has 0 aromatic rings. The molecule has 0 spiro atoms. The van der Waals surface area contributed by atoms with E-state index in [1.165, 1.54) is 0 Å². The number of nitrogens with zero attached hydrogens (tertiary/aromatic N) is 1. The van der Waals surface area contributed by atoms with E-state index in [0.29, 0.717) is 11.6 Å². The van der Waals surface area contributed by atoms with Crippen LogP contribution in [0.3, 0.4) is 0 Å². The van der Waals surface area contributed by atoms with Crippen molar-refractivity contribution in [2.45, 2.75) is 13.3 Å². The van der Waals surface area contributed by atoms with E-state index < -0.39 is 0 Å². The summed E-state index contributed by atoms with van der Waals surface area (Å²) in [7, 11) is 0. The van der Waals surface area contributed by atoms with Crippen LogP contribution >= 0.6 is 0 Å². The Balaban J connectivity index is 2.60. The lowest BCUT2D eigenvalue weighted by atomic mass is 10.0. The summed E-state index contributed by atoms with van der Waals surface area (Å²) in [6.45, 7) is 2.97. The summed E-state index contributed by atoms with van der Waals surface area (Å²) in [5.74, 6) is 0.437. The van der Waals surface area contributed by atoms with Gasteiger partial charge in [-0.3, -0.25) is 4.99 Å². The molecule has 0 aliphatic carbocycles. The molecule has 0 amide bonds. The van der Waals surface area contributed by atoms with Gasteiger partial charge in [0.05, 0.1) is 5.71 Å². The van der Waals surface area contributed by atoms with Crippen molar-refractivity contribution in [1.29, 1.82) is 5.41 Å². The fourth-order valence-corrected chi connectivity index (χ4v) is 0.714. The molecule has 44 valence electrons. The Labute approximate surface area is 49.1 Å². The maximum atomic E-state index is 7.25. The fourth-order valence-electron chi connectivity index (χ4n) is 0.714. The van der Waals surface area contributed by atoms with Gasteiger partial charge in [-0.15, -0.1) is 0 Å². The predicted molar refractivity (Wildman–Crippen MR) is 34.9 cm³/mol. The molecule has 1 heterocycles. The van der Waals surface area contributed by atoms with Crippen molar-refractivity contribution in [2.24, 2.45) is 10.9 Å². The van der Waals surface area contributed by atoms with Gasteiger partial charge < -0.3 is 5.41 Å². The largest absolute Gasteiger partial charge is 0.303 e. The lowest BCUT2D eigenvalue weighted by Gasteiger charge is -2.11.